The van der Waals surface area contributed by atoms with Crippen LogP contribution in [0.5, 0.6) is 0 Å². The summed E-state index contributed by atoms with van der Waals surface area (Å²) < 4.78 is 110. The van der Waals surface area contributed by atoms with E-state index < -0.39 is 43.4 Å². The van der Waals surface area contributed by atoms with Gasteiger partial charge in [-0.1, -0.05) is 20.8 Å². The van der Waals surface area contributed by atoms with E-state index >= 15 is 0 Å². The second-order valence-corrected chi connectivity index (χ2v) is 15.7. The molecule has 4 saturated carbocycles. The van der Waals surface area contributed by atoms with Gasteiger partial charge in [0.05, 0.1) is 6.61 Å². The highest BCUT2D eigenvalue weighted by Crippen LogP contribution is 2.68. The molecule has 0 spiro atoms. The highest BCUT2D eigenvalue weighted by Gasteiger charge is 2.62. The van der Waals surface area contributed by atoms with Gasteiger partial charge in [-0.2, -0.15) is 25.3 Å². The molecule has 12 nitrogen and oxygen atoms in total. The van der Waals surface area contributed by atoms with Crippen molar-refractivity contribution in [2.75, 3.05) is 6.61 Å². The van der Waals surface area contributed by atoms with Gasteiger partial charge in [0.25, 0.3) is 0 Å². The third-order valence-corrected chi connectivity index (χ3v) is 12.1. The summed E-state index contributed by atoms with van der Waals surface area (Å²) in [5, 5.41) is 0. The van der Waals surface area contributed by atoms with E-state index in [0.717, 1.165) is 38.5 Å². The zero-order chi connectivity index (χ0) is 28.3. The molecule has 15 heteroatoms. The molecule has 0 radical (unpaired) electrons. The van der Waals surface area contributed by atoms with Gasteiger partial charge in [0.1, 0.15) is 12.2 Å². The first-order chi connectivity index (χ1) is 17.3. The third-order valence-electron chi connectivity index (χ3n) is 10.7. The van der Waals surface area contributed by atoms with E-state index in [0.29, 0.717) is 24.2 Å². The Morgan fingerprint density at radius 3 is 2.00 bits per heavy atom. The smallest absolute Gasteiger partial charge is 0.264 e. The molecule has 0 heterocycles. The third kappa shape index (κ3) is 6.40. The fourth-order valence-corrected chi connectivity index (χ4v) is 10.6. The molecule has 0 aromatic rings. The lowest BCUT2D eigenvalue weighted by atomic mass is 9.44. The number of rotatable bonds is 9. The fraction of sp³-hybridized carbons (Fsp3) is 1.00. The van der Waals surface area contributed by atoms with Crippen LogP contribution in [0.4, 0.5) is 0 Å². The van der Waals surface area contributed by atoms with Gasteiger partial charge in [0.2, 0.25) is 0 Å². The predicted octanol–water partition coefficient (Wildman–Crippen LogP) is 3.48. The van der Waals surface area contributed by atoms with Gasteiger partial charge < -0.3 is 0 Å². The van der Waals surface area contributed by atoms with Gasteiger partial charge in [-0.05, 0) is 104 Å². The summed E-state index contributed by atoms with van der Waals surface area (Å²) in [7, 11) is -14.2. The Hall–Kier alpha value is -0.390. The Kier molecular flexibility index (Phi) is 8.42. The highest BCUT2D eigenvalue weighted by atomic mass is 32.3. The van der Waals surface area contributed by atoms with Gasteiger partial charge in [0, 0.05) is 0 Å². The maximum atomic E-state index is 11.6. The van der Waals surface area contributed by atoms with Gasteiger partial charge in [0.15, 0.2) is 0 Å². The molecule has 38 heavy (non-hydrogen) atoms. The minimum atomic E-state index is -4.88. The van der Waals surface area contributed by atoms with Crippen molar-refractivity contribution in [3.8, 4) is 0 Å². The van der Waals surface area contributed by atoms with Crippen LogP contribution in [0.2, 0.25) is 0 Å². The quantitative estimate of drug-likeness (QED) is 0.325. The first-order valence-electron chi connectivity index (χ1n) is 13.3. The van der Waals surface area contributed by atoms with Gasteiger partial charge in [-0.25, -0.2) is 12.5 Å². The SMILES string of the molecule is C[C@H](CCOS(=O)(=O)O)[C@H]1CC[C@H]2[C@@H]3CC[C@H]4C[C@H](OS(=O)(=O)O)[C@@H](OS(=O)(=O)O)C[C@]4(C)[C@H]3CC[C@]12C. The average molecular weight is 605 g/mol. The lowest BCUT2D eigenvalue weighted by molar-refractivity contribution is -0.152. The molecule has 0 bridgehead atoms. The molecule has 4 fully saturated rings. The van der Waals surface area contributed by atoms with Crippen LogP contribution in [0, 0.1) is 46.3 Å². The lowest BCUT2D eigenvalue weighted by Gasteiger charge is -2.62. The fourth-order valence-electron chi connectivity index (χ4n) is 9.26. The van der Waals surface area contributed by atoms with Crippen molar-refractivity contribution in [2.24, 2.45) is 46.3 Å². The highest BCUT2D eigenvalue weighted by molar-refractivity contribution is 7.81. The van der Waals surface area contributed by atoms with E-state index in [-0.39, 0.29) is 48.0 Å². The summed E-state index contributed by atoms with van der Waals surface area (Å²) >= 11 is 0. The van der Waals surface area contributed by atoms with Crippen LogP contribution in [0.15, 0.2) is 0 Å². The van der Waals surface area contributed by atoms with Crippen molar-refractivity contribution in [3.63, 3.8) is 0 Å². The molecular weight excluding hydrogens is 564 g/mol. The molecule has 0 aromatic carbocycles. The molecular formula is C23H40O12S3. The zero-order valence-electron chi connectivity index (χ0n) is 21.9. The minimum absolute atomic E-state index is 0.0369. The normalized spacial score (nSPS) is 42.6. The van der Waals surface area contributed by atoms with Crippen LogP contribution in [-0.2, 0) is 43.7 Å². The first kappa shape index (κ1) is 30.6. The summed E-state index contributed by atoms with van der Waals surface area (Å²) in [5.74, 6) is 1.67. The lowest BCUT2D eigenvalue weighted by Crippen LogP contribution is -2.57. The Bertz CT molecular complexity index is 1200. The Labute approximate surface area is 226 Å². The zero-order valence-corrected chi connectivity index (χ0v) is 24.4. The van der Waals surface area contributed by atoms with Gasteiger partial charge in [-0.3, -0.25) is 13.7 Å². The second kappa shape index (κ2) is 10.5. The van der Waals surface area contributed by atoms with Crippen molar-refractivity contribution in [3.05, 3.63) is 0 Å². The Morgan fingerprint density at radius 2 is 1.39 bits per heavy atom. The van der Waals surface area contributed by atoms with E-state index in [1.807, 2.05) is 0 Å². The number of hydrogen-bond acceptors (Lipinski definition) is 9. The van der Waals surface area contributed by atoms with E-state index in [1.54, 1.807) is 0 Å². The molecule has 4 rings (SSSR count). The van der Waals surface area contributed by atoms with Crippen molar-refractivity contribution in [1.82, 2.24) is 0 Å². The van der Waals surface area contributed by atoms with Crippen LogP contribution in [-0.4, -0.2) is 57.7 Å². The van der Waals surface area contributed by atoms with Crippen LogP contribution >= 0.6 is 0 Å². The minimum Gasteiger partial charge on any atom is -0.264 e. The second-order valence-electron chi connectivity index (χ2n) is 12.5. The van der Waals surface area contributed by atoms with Crippen LogP contribution in [0.3, 0.4) is 0 Å². The molecule has 3 N–H and O–H groups in total. The molecule has 222 valence electrons. The summed E-state index contributed by atoms with van der Waals surface area (Å²) in [5.41, 5.74) is -0.316. The van der Waals surface area contributed by atoms with E-state index in [1.165, 1.54) is 0 Å². The molecule has 4 aliphatic rings. The molecule has 0 unspecified atom stereocenters. The maximum absolute atomic E-state index is 11.6. The molecule has 0 amide bonds. The van der Waals surface area contributed by atoms with E-state index in [2.05, 4.69) is 25.0 Å². The largest absolute Gasteiger partial charge is 0.397 e. The molecule has 0 saturated heterocycles. The Balaban J connectivity index is 1.52. The molecule has 4 aliphatic carbocycles. The van der Waals surface area contributed by atoms with E-state index in [9.17, 15) is 34.4 Å². The molecule has 10 atom stereocenters. The molecule has 0 aliphatic heterocycles. The van der Waals surface area contributed by atoms with Crippen LogP contribution < -0.4 is 0 Å². The summed E-state index contributed by atoms with van der Waals surface area (Å²) in [6.07, 6.45) is 4.05. The molecule has 0 aromatic heterocycles. The monoisotopic (exact) mass is 604 g/mol. The average Bonchev–Trinajstić information content (AvgIpc) is 3.08. The van der Waals surface area contributed by atoms with Crippen molar-refractivity contribution >= 4 is 31.2 Å². The van der Waals surface area contributed by atoms with Crippen molar-refractivity contribution in [2.45, 2.75) is 90.8 Å². The standard InChI is InChI=1S/C23H40O12S3/c1-14(9-11-33-36(24,25)26)17-6-7-18-16-5-4-15-12-20(34-37(27,28)29)21(35-38(30,31)32)13-23(15,3)19(16)8-10-22(17,18)2/h14-21H,4-13H2,1-3H3,(H,24,25,26)(H,27,28,29)(H,30,31,32)/t14-,15+,16+,17-,18+,19+,20+,21+,22-,23+/m1/s1. The Morgan fingerprint density at radius 1 is 0.789 bits per heavy atom. The number of hydrogen-bond donors (Lipinski definition) is 3. The van der Waals surface area contributed by atoms with Gasteiger partial charge >= 0.3 is 31.2 Å². The first-order valence-corrected chi connectivity index (χ1v) is 17.3. The summed E-state index contributed by atoms with van der Waals surface area (Å²) in [6, 6.07) is 0. The summed E-state index contributed by atoms with van der Waals surface area (Å²) in [4.78, 5) is 0. The predicted molar refractivity (Wildman–Crippen MR) is 135 cm³/mol. The van der Waals surface area contributed by atoms with Crippen molar-refractivity contribution in [1.29, 1.82) is 0 Å². The van der Waals surface area contributed by atoms with Crippen LogP contribution in [0.25, 0.3) is 0 Å². The van der Waals surface area contributed by atoms with E-state index in [4.69, 9.17) is 12.9 Å². The summed E-state index contributed by atoms with van der Waals surface area (Å²) in [6.45, 7) is 6.46. The van der Waals surface area contributed by atoms with Crippen LogP contribution in [0.1, 0.15) is 78.6 Å². The number of fused-ring (bicyclic) bond motifs is 5. The van der Waals surface area contributed by atoms with Gasteiger partial charge in [-0.15, -0.1) is 0 Å². The topological polar surface area (TPSA) is 191 Å². The van der Waals surface area contributed by atoms with Crippen molar-refractivity contribution < 1.29 is 51.5 Å². The maximum Gasteiger partial charge on any atom is 0.397 e.